The molecule has 0 unspecified atom stereocenters. The van der Waals surface area contributed by atoms with Crippen LogP contribution in [0.4, 0.5) is 15.8 Å². The largest absolute Gasteiger partial charge is 0.396 e. The highest BCUT2D eigenvalue weighted by molar-refractivity contribution is 6.06. The number of carbonyl (C=O) groups is 1. The maximum absolute atomic E-state index is 13.0. The van der Waals surface area contributed by atoms with Gasteiger partial charge in [-0.05, 0) is 30.3 Å². The Morgan fingerprint density at radius 1 is 1.39 bits per heavy atom. The molecule has 2 N–H and O–H groups in total. The van der Waals surface area contributed by atoms with E-state index in [2.05, 4.69) is 4.98 Å². The highest BCUT2D eigenvalue weighted by Gasteiger charge is 2.14. The molecule has 0 saturated carbocycles. The number of nitrogens with two attached hydrogens (primary N) is 1. The van der Waals surface area contributed by atoms with E-state index < -0.39 is 5.82 Å². The van der Waals surface area contributed by atoms with Gasteiger partial charge in [0.25, 0.3) is 5.91 Å². The quantitative estimate of drug-likeness (QED) is 0.824. The number of benzene rings is 1. The van der Waals surface area contributed by atoms with Gasteiger partial charge in [0.2, 0.25) is 0 Å². The maximum atomic E-state index is 13.0. The van der Waals surface area contributed by atoms with Crippen molar-refractivity contribution in [1.29, 1.82) is 0 Å². The Morgan fingerprint density at radius 2 is 2.17 bits per heavy atom. The summed E-state index contributed by atoms with van der Waals surface area (Å²) >= 11 is 0. The van der Waals surface area contributed by atoms with E-state index in [0.717, 1.165) is 0 Å². The Balaban J connectivity index is 2.29. The van der Waals surface area contributed by atoms with E-state index in [1.807, 2.05) is 0 Å². The summed E-state index contributed by atoms with van der Waals surface area (Å²) in [5.74, 6) is -0.801. The zero-order chi connectivity index (χ0) is 13.1. The van der Waals surface area contributed by atoms with Crippen molar-refractivity contribution >= 4 is 17.3 Å². The van der Waals surface area contributed by atoms with E-state index >= 15 is 0 Å². The highest BCUT2D eigenvalue weighted by Crippen LogP contribution is 2.17. The van der Waals surface area contributed by atoms with Gasteiger partial charge in [-0.3, -0.25) is 9.78 Å². The summed E-state index contributed by atoms with van der Waals surface area (Å²) in [6.07, 6.45) is 3.20. The van der Waals surface area contributed by atoms with E-state index in [1.54, 1.807) is 31.6 Å². The molecule has 0 aliphatic carbocycles. The van der Waals surface area contributed by atoms with Gasteiger partial charge in [0.1, 0.15) is 5.82 Å². The molecular formula is C13H12FN3O. The standard InChI is InChI=1S/C13H12FN3O/c1-17(10-3-2-6-16-8-10)13(18)9-4-5-11(14)12(15)7-9/h2-8H,15H2,1H3. The molecule has 0 bridgehead atoms. The smallest absolute Gasteiger partial charge is 0.258 e. The fraction of sp³-hybridized carbons (Fsp3) is 0.0769. The maximum Gasteiger partial charge on any atom is 0.258 e. The molecule has 0 aliphatic heterocycles. The van der Waals surface area contributed by atoms with Crippen LogP contribution >= 0.6 is 0 Å². The second kappa shape index (κ2) is 4.83. The summed E-state index contributed by atoms with van der Waals surface area (Å²) in [6, 6.07) is 7.40. The summed E-state index contributed by atoms with van der Waals surface area (Å²) in [4.78, 5) is 17.5. The van der Waals surface area contributed by atoms with Crippen molar-refractivity contribution in [3.05, 3.63) is 54.1 Å². The van der Waals surface area contributed by atoms with Gasteiger partial charge in [-0.25, -0.2) is 4.39 Å². The lowest BCUT2D eigenvalue weighted by molar-refractivity contribution is 0.0993. The monoisotopic (exact) mass is 245 g/mol. The third-order valence-electron chi connectivity index (χ3n) is 2.58. The van der Waals surface area contributed by atoms with E-state index in [4.69, 9.17) is 5.73 Å². The predicted molar refractivity (Wildman–Crippen MR) is 67.8 cm³/mol. The van der Waals surface area contributed by atoms with Gasteiger partial charge >= 0.3 is 0 Å². The Kier molecular flexibility index (Phi) is 3.23. The van der Waals surface area contributed by atoms with Gasteiger partial charge in [0, 0.05) is 18.8 Å². The van der Waals surface area contributed by atoms with Crippen LogP contribution in [0.15, 0.2) is 42.7 Å². The summed E-state index contributed by atoms with van der Waals surface area (Å²) in [6.45, 7) is 0. The number of amides is 1. The van der Waals surface area contributed by atoms with Crippen molar-refractivity contribution in [1.82, 2.24) is 4.98 Å². The second-order valence-corrected chi connectivity index (χ2v) is 3.81. The Morgan fingerprint density at radius 3 is 2.78 bits per heavy atom. The number of nitrogen functional groups attached to an aromatic ring is 1. The second-order valence-electron chi connectivity index (χ2n) is 3.81. The highest BCUT2D eigenvalue weighted by atomic mass is 19.1. The van der Waals surface area contributed by atoms with Crippen LogP contribution < -0.4 is 10.6 Å². The average Bonchev–Trinajstić information content (AvgIpc) is 2.41. The fourth-order valence-electron chi connectivity index (χ4n) is 1.54. The molecule has 1 amide bonds. The molecule has 0 saturated heterocycles. The molecule has 0 spiro atoms. The zero-order valence-electron chi connectivity index (χ0n) is 9.80. The number of carbonyl (C=O) groups excluding carboxylic acids is 1. The lowest BCUT2D eigenvalue weighted by Crippen LogP contribution is -2.26. The zero-order valence-corrected chi connectivity index (χ0v) is 9.80. The van der Waals surface area contributed by atoms with Gasteiger partial charge < -0.3 is 10.6 Å². The minimum Gasteiger partial charge on any atom is -0.396 e. The van der Waals surface area contributed by atoms with Crippen LogP contribution in [0, 0.1) is 5.82 Å². The van der Waals surface area contributed by atoms with Crippen molar-refractivity contribution in [2.24, 2.45) is 0 Å². The number of anilines is 2. The third kappa shape index (κ3) is 2.29. The molecule has 1 aromatic carbocycles. The van der Waals surface area contributed by atoms with E-state index in [-0.39, 0.29) is 11.6 Å². The van der Waals surface area contributed by atoms with Gasteiger partial charge in [-0.1, -0.05) is 0 Å². The van der Waals surface area contributed by atoms with Crippen molar-refractivity contribution in [2.75, 3.05) is 17.7 Å². The molecule has 4 nitrogen and oxygen atoms in total. The van der Waals surface area contributed by atoms with Gasteiger partial charge in [0.05, 0.1) is 17.6 Å². The van der Waals surface area contributed by atoms with E-state index in [0.29, 0.717) is 11.3 Å². The van der Waals surface area contributed by atoms with Crippen molar-refractivity contribution in [3.8, 4) is 0 Å². The fourth-order valence-corrected chi connectivity index (χ4v) is 1.54. The summed E-state index contributed by atoms with van der Waals surface area (Å²) in [7, 11) is 1.62. The number of aromatic nitrogens is 1. The molecule has 0 fully saturated rings. The van der Waals surface area contributed by atoms with E-state index in [1.165, 1.54) is 23.1 Å². The molecule has 0 radical (unpaired) electrons. The van der Waals surface area contributed by atoms with Crippen molar-refractivity contribution in [2.45, 2.75) is 0 Å². The molecule has 1 heterocycles. The minimum atomic E-state index is -0.532. The first-order chi connectivity index (χ1) is 8.59. The van der Waals surface area contributed by atoms with E-state index in [9.17, 15) is 9.18 Å². The lowest BCUT2D eigenvalue weighted by atomic mass is 10.1. The van der Waals surface area contributed by atoms with Crippen LogP contribution in [0.2, 0.25) is 0 Å². The number of nitrogens with zero attached hydrogens (tertiary/aromatic N) is 2. The number of halogens is 1. The number of hydrogen-bond acceptors (Lipinski definition) is 3. The number of rotatable bonds is 2. The molecule has 5 heteroatoms. The van der Waals surface area contributed by atoms with Crippen LogP contribution in [0.1, 0.15) is 10.4 Å². The Bertz CT molecular complexity index is 572. The van der Waals surface area contributed by atoms with Gasteiger partial charge in [-0.2, -0.15) is 0 Å². The van der Waals surface area contributed by atoms with Crippen molar-refractivity contribution in [3.63, 3.8) is 0 Å². The SMILES string of the molecule is CN(C(=O)c1ccc(F)c(N)c1)c1cccnc1. The predicted octanol–water partition coefficient (Wildman–Crippen LogP) is 2.08. The molecule has 2 rings (SSSR count). The van der Waals surface area contributed by atoms with Crippen LogP contribution in [0.25, 0.3) is 0 Å². The summed E-state index contributed by atoms with van der Waals surface area (Å²) in [5.41, 5.74) is 6.39. The average molecular weight is 245 g/mol. The van der Waals surface area contributed by atoms with Crippen molar-refractivity contribution < 1.29 is 9.18 Å². The molecule has 18 heavy (non-hydrogen) atoms. The van der Waals surface area contributed by atoms with Crippen LogP contribution in [0.3, 0.4) is 0 Å². The number of hydrogen-bond donors (Lipinski definition) is 1. The van der Waals surface area contributed by atoms with Crippen LogP contribution in [0.5, 0.6) is 0 Å². The molecule has 2 aromatic rings. The molecule has 0 atom stereocenters. The third-order valence-corrected chi connectivity index (χ3v) is 2.58. The normalized spacial score (nSPS) is 10.1. The molecule has 92 valence electrons. The van der Waals surface area contributed by atoms with Gasteiger partial charge in [0.15, 0.2) is 0 Å². The van der Waals surface area contributed by atoms with Crippen LogP contribution in [-0.2, 0) is 0 Å². The first kappa shape index (κ1) is 12.0. The first-order valence-electron chi connectivity index (χ1n) is 5.32. The van der Waals surface area contributed by atoms with Crippen LogP contribution in [-0.4, -0.2) is 17.9 Å². The Hall–Kier alpha value is -2.43. The number of pyridine rings is 1. The van der Waals surface area contributed by atoms with Gasteiger partial charge in [-0.15, -0.1) is 0 Å². The molecule has 1 aromatic heterocycles. The molecular weight excluding hydrogens is 233 g/mol. The Labute approximate surface area is 104 Å². The lowest BCUT2D eigenvalue weighted by Gasteiger charge is -2.17. The topological polar surface area (TPSA) is 59.2 Å². The summed E-state index contributed by atoms with van der Waals surface area (Å²) < 4.78 is 13.0. The minimum absolute atomic E-state index is 0.0413. The first-order valence-corrected chi connectivity index (χ1v) is 5.32. The summed E-state index contributed by atoms with van der Waals surface area (Å²) in [5, 5.41) is 0. The molecule has 0 aliphatic rings.